The maximum atomic E-state index is 13.0. The second kappa shape index (κ2) is 8.26. The molecule has 0 saturated carbocycles. The van der Waals surface area contributed by atoms with E-state index in [1.807, 2.05) is 23.7 Å². The lowest BCUT2D eigenvalue weighted by Crippen LogP contribution is -2.27. The molecule has 2 aromatic carbocycles. The predicted molar refractivity (Wildman–Crippen MR) is 94.9 cm³/mol. The molecule has 132 valence electrons. The molecule has 1 amide bonds. The number of hydrogen-bond donors (Lipinski definition) is 1. The highest BCUT2D eigenvalue weighted by atomic mass is 32.1. The minimum Gasteiger partial charge on any atom is -0.443 e. The molecule has 26 heavy (non-hydrogen) atoms. The molecule has 0 aliphatic rings. The van der Waals surface area contributed by atoms with Crippen LogP contribution in [0.25, 0.3) is 10.4 Å². The van der Waals surface area contributed by atoms with Gasteiger partial charge < -0.3 is 9.57 Å². The van der Waals surface area contributed by atoms with Crippen LogP contribution in [-0.2, 0) is 16.2 Å². The van der Waals surface area contributed by atoms with E-state index >= 15 is 0 Å². The highest BCUT2D eigenvalue weighted by Gasteiger charge is 2.17. The van der Waals surface area contributed by atoms with E-state index < -0.39 is 12.1 Å². The van der Waals surface area contributed by atoms with Gasteiger partial charge in [0.15, 0.2) is 0 Å². The van der Waals surface area contributed by atoms with E-state index in [9.17, 15) is 14.0 Å². The van der Waals surface area contributed by atoms with Gasteiger partial charge in [0.2, 0.25) is 0 Å². The monoisotopic (exact) mass is 371 g/mol. The molecular weight excluding hydrogens is 357 g/mol. The Hall–Kier alpha value is -3.19. The molecule has 0 aliphatic carbocycles. The summed E-state index contributed by atoms with van der Waals surface area (Å²) in [6, 6.07) is 16.4. The zero-order chi connectivity index (χ0) is 18.4. The molecule has 1 aromatic heterocycles. The number of hydrogen-bond acceptors (Lipinski definition) is 5. The molecule has 1 heterocycles. The van der Waals surface area contributed by atoms with Gasteiger partial charge in [0.25, 0.3) is 0 Å². The van der Waals surface area contributed by atoms with Gasteiger partial charge in [-0.25, -0.2) is 14.0 Å². The largest absolute Gasteiger partial charge is 0.443 e. The third kappa shape index (κ3) is 4.46. The van der Waals surface area contributed by atoms with E-state index in [1.165, 1.54) is 23.5 Å². The van der Waals surface area contributed by atoms with Gasteiger partial charge in [0, 0.05) is 4.88 Å². The van der Waals surface area contributed by atoms with Gasteiger partial charge in [-0.2, -0.15) is 0 Å². The average molecular weight is 371 g/mol. The summed E-state index contributed by atoms with van der Waals surface area (Å²) in [6.07, 6.45) is -0.874. The van der Waals surface area contributed by atoms with Crippen LogP contribution in [-0.4, -0.2) is 12.1 Å². The van der Waals surface area contributed by atoms with E-state index in [-0.39, 0.29) is 18.0 Å². The van der Waals surface area contributed by atoms with E-state index in [2.05, 4.69) is 0 Å². The Labute approximate surface area is 153 Å². The number of ether oxygens (including phenoxy) is 1. The summed E-state index contributed by atoms with van der Waals surface area (Å²) in [6.45, 7) is 0.0590. The standard InChI is InChI=1S/C19H14FNO4S/c20-15-8-6-14(7-9-15)17-16(10-11-26-17)18(22)25-21-19(23)24-12-13-4-2-1-3-5-13/h1-11H,12H2,(H,21,23). The molecule has 3 rings (SSSR count). The fourth-order valence-corrected chi connectivity index (χ4v) is 3.08. The lowest BCUT2D eigenvalue weighted by molar-refractivity contribution is 0.0198. The van der Waals surface area contributed by atoms with Crippen LogP contribution in [0.2, 0.25) is 0 Å². The number of thiophene rings is 1. The van der Waals surface area contributed by atoms with Crippen molar-refractivity contribution < 1.29 is 23.6 Å². The van der Waals surface area contributed by atoms with Gasteiger partial charge in [-0.05, 0) is 34.7 Å². The number of amides is 1. The first-order valence-corrected chi connectivity index (χ1v) is 8.53. The van der Waals surface area contributed by atoms with Crippen molar-refractivity contribution in [3.05, 3.63) is 83.0 Å². The van der Waals surface area contributed by atoms with E-state index in [4.69, 9.17) is 9.57 Å². The van der Waals surface area contributed by atoms with Gasteiger partial charge in [0.1, 0.15) is 12.4 Å². The molecule has 0 fully saturated rings. The normalized spacial score (nSPS) is 10.2. The molecule has 7 heteroatoms. The Morgan fingerprint density at radius 2 is 1.73 bits per heavy atom. The maximum absolute atomic E-state index is 13.0. The third-order valence-electron chi connectivity index (χ3n) is 3.43. The van der Waals surface area contributed by atoms with Crippen molar-refractivity contribution in [1.82, 2.24) is 5.48 Å². The SMILES string of the molecule is O=C(NOC(=O)c1ccsc1-c1ccc(F)cc1)OCc1ccccc1. The Morgan fingerprint density at radius 1 is 1.00 bits per heavy atom. The molecule has 3 aromatic rings. The molecule has 0 spiro atoms. The lowest BCUT2D eigenvalue weighted by atomic mass is 10.1. The van der Waals surface area contributed by atoms with E-state index in [0.29, 0.717) is 10.4 Å². The van der Waals surface area contributed by atoms with Crippen LogP contribution < -0.4 is 5.48 Å². The second-order valence-electron chi connectivity index (χ2n) is 5.22. The van der Waals surface area contributed by atoms with Crippen molar-refractivity contribution in [2.45, 2.75) is 6.61 Å². The fourth-order valence-electron chi connectivity index (χ4n) is 2.19. The first-order valence-electron chi connectivity index (χ1n) is 7.65. The van der Waals surface area contributed by atoms with Crippen molar-refractivity contribution >= 4 is 23.4 Å². The van der Waals surface area contributed by atoms with Crippen LogP contribution in [0.1, 0.15) is 15.9 Å². The predicted octanol–water partition coefficient (Wildman–Crippen LogP) is 4.55. The second-order valence-corrected chi connectivity index (χ2v) is 6.14. The van der Waals surface area contributed by atoms with Crippen molar-refractivity contribution in [3.8, 4) is 10.4 Å². The number of nitrogens with one attached hydrogen (secondary N) is 1. The number of carbonyl (C=O) groups excluding carboxylic acids is 2. The van der Waals surface area contributed by atoms with Crippen molar-refractivity contribution in [1.29, 1.82) is 0 Å². The van der Waals surface area contributed by atoms with Crippen molar-refractivity contribution in [2.75, 3.05) is 0 Å². The third-order valence-corrected chi connectivity index (χ3v) is 4.39. The quantitative estimate of drug-likeness (QED) is 0.683. The van der Waals surface area contributed by atoms with Crippen LogP contribution >= 0.6 is 11.3 Å². The molecule has 0 bridgehead atoms. The lowest BCUT2D eigenvalue weighted by Gasteiger charge is -2.08. The Bertz CT molecular complexity index is 893. The molecule has 0 atom stereocenters. The smallest absolute Gasteiger partial charge is 0.441 e. The topological polar surface area (TPSA) is 64.6 Å². The molecule has 1 N–H and O–H groups in total. The summed E-state index contributed by atoms with van der Waals surface area (Å²) in [5, 5.41) is 1.71. The van der Waals surface area contributed by atoms with Gasteiger partial charge in [-0.1, -0.05) is 42.5 Å². The Balaban J connectivity index is 1.56. The number of carbonyl (C=O) groups is 2. The number of hydroxylamine groups is 1. The fraction of sp³-hybridized carbons (Fsp3) is 0.0526. The van der Waals surface area contributed by atoms with Crippen LogP contribution in [0.3, 0.4) is 0 Å². The summed E-state index contributed by atoms with van der Waals surface area (Å²) in [7, 11) is 0. The van der Waals surface area contributed by atoms with Crippen LogP contribution in [0.15, 0.2) is 66.0 Å². The van der Waals surface area contributed by atoms with Crippen LogP contribution in [0, 0.1) is 5.82 Å². The van der Waals surface area contributed by atoms with Crippen LogP contribution in [0.5, 0.6) is 0 Å². The minimum atomic E-state index is -0.874. The zero-order valence-corrected chi connectivity index (χ0v) is 14.3. The summed E-state index contributed by atoms with van der Waals surface area (Å²) >= 11 is 1.31. The van der Waals surface area contributed by atoms with Gasteiger partial charge in [-0.3, -0.25) is 0 Å². The minimum absolute atomic E-state index is 0.0590. The van der Waals surface area contributed by atoms with Gasteiger partial charge >= 0.3 is 12.1 Å². The Morgan fingerprint density at radius 3 is 2.46 bits per heavy atom. The number of benzene rings is 2. The number of rotatable bonds is 4. The molecule has 0 saturated heterocycles. The van der Waals surface area contributed by atoms with Crippen molar-refractivity contribution in [3.63, 3.8) is 0 Å². The highest BCUT2D eigenvalue weighted by Crippen LogP contribution is 2.30. The molecule has 0 aliphatic heterocycles. The Kier molecular flexibility index (Phi) is 5.60. The van der Waals surface area contributed by atoms with E-state index in [1.54, 1.807) is 35.7 Å². The molecule has 5 nitrogen and oxygen atoms in total. The average Bonchev–Trinajstić information content (AvgIpc) is 3.16. The molecule has 0 unspecified atom stereocenters. The van der Waals surface area contributed by atoms with Gasteiger partial charge in [-0.15, -0.1) is 16.8 Å². The maximum Gasteiger partial charge on any atom is 0.441 e. The summed E-state index contributed by atoms with van der Waals surface area (Å²) in [4.78, 5) is 29.2. The summed E-state index contributed by atoms with van der Waals surface area (Å²) in [5.74, 6) is -1.10. The number of halogens is 1. The first-order chi connectivity index (χ1) is 12.6. The van der Waals surface area contributed by atoms with Crippen molar-refractivity contribution in [2.24, 2.45) is 0 Å². The van der Waals surface area contributed by atoms with Gasteiger partial charge in [0.05, 0.1) is 5.56 Å². The highest BCUT2D eigenvalue weighted by molar-refractivity contribution is 7.14. The summed E-state index contributed by atoms with van der Waals surface area (Å²) in [5.41, 5.74) is 3.72. The first kappa shape index (κ1) is 17.6. The zero-order valence-electron chi connectivity index (χ0n) is 13.5. The van der Waals surface area contributed by atoms with E-state index in [0.717, 1.165) is 5.56 Å². The summed E-state index contributed by atoms with van der Waals surface area (Å²) < 4.78 is 18.0. The molecular formula is C19H14FNO4S. The molecule has 0 radical (unpaired) electrons. The van der Waals surface area contributed by atoms with Crippen LogP contribution in [0.4, 0.5) is 9.18 Å².